The summed E-state index contributed by atoms with van der Waals surface area (Å²) in [4.78, 5) is 0. The number of aliphatic hydroxyl groups excluding tert-OH is 1. The lowest BCUT2D eigenvalue weighted by Gasteiger charge is -2.14. The van der Waals surface area contributed by atoms with Crippen LogP contribution in [-0.4, -0.2) is 18.3 Å². The zero-order chi connectivity index (χ0) is 16.1. The van der Waals surface area contributed by atoms with Gasteiger partial charge in [-0.1, -0.05) is 0 Å². The highest BCUT2D eigenvalue weighted by atomic mass is 19.4. The minimum absolute atomic E-state index is 0.0105. The first-order chi connectivity index (χ1) is 9.64. The van der Waals surface area contributed by atoms with Crippen LogP contribution in [-0.2, 0) is 18.9 Å². The molecule has 0 radical (unpaired) electrons. The van der Waals surface area contributed by atoms with Gasteiger partial charge < -0.3 is 10.4 Å². The molecule has 0 aliphatic carbocycles. The van der Waals surface area contributed by atoms with Gasteiger partial charge in [0.25, 0.3) is 0 Å². The molecule has 1 rings (SSSR count). The second kappa shape index (κ2) is 7.13. The van der Waals surface area contributed by atoms with Crippen LogP contribution in [0.25, 0.3) is 0 Å². The van der Waals surface area contributed by atoms with Crippen LogP contribution in [0.4, 0.5) is 26.3 Å². The lowest BCUT2D eigenvalue weighted by Crippen LogP contribution is -2.17. The van der Waals surface area contributed by atoms with Crippen molar-refractivity contribution in [2.75, 3.05) is 13.2 Å². The Bertz CT molecular complexity index is 423. The van der Waals surface area contributed by atoms with Gasteiger partial charge in [-0.3, -0.25) is 0 Å². The SMILES string of the molecule is OCCCCNCc1cc(C(F)(F)F)cc(C(F)(F)F)c1. The molecule has 1 aromatic carbocycles. The van der Waals surface area contributed by atoms with Crippen molar-refractivity contribution in [1.29, 1.82) is 0 Å². The van der Waals surface area contributed by atoms with Crippen molar-refractivity contribution in [2.24, 2.45) is 0 Å². The summed E-state index contributed by atoms with van der Waals surface area (Å²) in [6.45, 7) is 0.292. The first-order valence-corrected chi connectivity index (χ1v) is 6.24. The average Bonchev–Trinajstić information content (AvgIpc) is 2.36. The molecule has 8 heteroatoms. The van der Waals surface area contributed by atoms with Crippen molar-refractivity contribution in [2.45, 2.75) is 31.7 Å². The van der Waals surface area contributed by atoms with Crippen molar-refractivity contribution in [3.8, 4) is 0 Å². The predicted molar refractivity (Wildman–Crippen MR) is 64.5 cm³/mol. The zero-order valence-electron chi connectivity index (χ0n) is 11.0. The van der Waals surface area contributed by atoms with Gasteiger partial charge in [-0.2, -0.15) is 26.3 Å². The van der Waals surface area contributed by atoms with E-state index >= 15 is 0 Å². The molecule has 0 spiro atoms. The van der Waals surface area contributed by atoms with Crippen LogP contribution in [0.2, 0.25) is 0 Å². The highest BCUT2D eigenvalue weighted by molar-refractivity contribution is 5.33. The molecular weight excluding hydrogens is 300 g/mol. The molecule has 0 saturated carbocycles. The molecule has 0 heterocycles. The Kier molecular flexibility index (Phi) is 6.03. The summed E-state index contributed by atoms with van der Waals surface area (Å²) in [6.07, 6.45) is -8.55. The summed E-state index contributed by atoms with van der Waals surface area (Å²) in [5.74, 6) is 0. The summed E-state index contributed by atoms with van der Waals surface area (Å²) in [5, 5.41) is 11.3. The van der Waals surface area contributed by atoms with E-state index in [1.807, 2.05) is 0 Å². The fraction of sp³-hybridized carbons (Fsp3) is 0.538. The third-order valence-corrected chi connectivity index (χ3v) is 2.74. The fourth-order valence-electron chi connectivity index (χ4n) is 1.72. The zero-order valence-corrected chi connectivity index (χ0v) is 11.0. The Morgan fingerprint density at radius 1 is 0.857 bits per heavy atom. The minimum atomic E-state index is -4.83. The molecule has 0 saturated heterocycles. The third-order valence-electron chi connectivity index (χ3n) is 2.74. The number of hydrogen-bond donors (Lipinski definition) is 2. The van der Waals surface area contributed by atoms with Gasteiger partial charge in [0.2, 0.25) is 0 Å². The Morgan fingerprint density at radius 2 is 1.38 bits per heavy atom. The van der Waals surface area contributed by atoms with Crippen LogP contribution in [0.1, 0.15) is 29.5 Å². The van der Waals surface area contributed by atoms with E-state index in [1.54, 1.807) is 0 Å². The number of halogens is 6. The average molecular weight is 315 g/mol. The maximum absolute atomic E-state index is 12.6. The van der Waals surface area contributed by atoms with Gasteiger partial charge in [0.15, 0.2) is 0 Å². The third kappa shape index (κ3) is 5.92. The summed E-state index contributed by atoms with van der Waals surface area (Å²) in [6, 6.07) is 1.51. The summed E-state index contributed by atoms with van der Waals surface area (Å²) in [5.41, 5.74) is -2.71. The van der Waals surface area contributed by atoms with E-state index in [-0.39, 0.29) is 24.8 Å². The number of aliphatic hydroxyl groups is 1. The van der Waals surface area contributed by atoms with Gasteiger partial charge in [0, 0.05) is 13.2 Å². The standard InChI is InChI=1S/C13H15F6NO/c14-12(15,16)10-5-9(8-20-3-1-2-4-21)6-11(7-10)13(17,18)19/h5-7,20-21H,1-4,8H2. The van der Waals surface area contributed by atoms with Crippen LogP contribution >= 0.6 is 0 Å². The van der Waals surface area contributed by atoms with E-state index < -0.39 is 23.5 Å². The molecule has 21 heavy (non-hydrogen) atoms. The summed E-state index contributed by atoms with van der Waals surface area (Å²) in [7, 11) is 0. The molecule has 0 unspecified atom stereocenters. The van der Waals surface area contributed by atoms with Crippen LogP contribution in [0.15, 0.2) is 18.2 Å². The van der Waals surface area contributed by atoms with Crippen molar-refractivity contribution in [3.63, 3.8) is 0 Å². The Balaban J connectivity index is 2.88. The molecule has 0 bridgehead atoms. The maximum atomic E-state index is 12.6. The van der Waals surface area contributed by atoms with Crippen LogP contribution < -0.4 is 5.32 Å². The molecule has 2 nitrogen and oxygen atoms in total. The Hall–Kier alpha value is -1.28. The van der Waals surface area contributed by atoms with E-state index in [1.165, 1.54) is 0 Å². The van der Waals surface area contributed by atoms with E-state index in [0.717, 1.165) is 0 Å². The number of alkyl halides is 6. The van der Waals surface area contributed by atoms with E-state index in [9.17, 15) is 26.3 Å². The lowest BCUT2D eigenvalue weighted by molar-refractivity contribution is -0.143. The van der Waals surface area contributed by atoms with Gasteiger partial charge >= 0.3 is 12.4 Å². The molecule has 0 amide bonds. The molecule has 0 aliphatic rings. The van der Waals surface area contributed by atoms with E-state index in [4.69, 9.17) is 5.11 Å². The van der Waals surface area contributed by atoms with Gasteiger partial charge in [-0.05, 0) is 43.1 Å². The van der Waals surface area contributed by atoms with Crippen molar-refractivity contribution in [3.05, 3.63) is 34.9 Å². The number of nitrogens with one attached hydrogen (secondary N) is 1. The molecular formula is C13H15F6NO. The van der Waals surface area contributed by atoms with E-state index in [2.05, 4.69) is 5.32 Å². The fourth-order valence-corrected chi connectivity index (χ4v) is 1.72. The Labute approximate surface area is 117 Å². The second-order valence-electron chi connectivity index (χ2n) is 4.52. The molecule has 2 N–H and O–H groups in total. The van der Waals surface area contributed by atoms with Crippen molar-refractivity contribution in [1.82, 2.24) is 5.32 Å². The normalized spacial score (nSPS) is 12.7. The van der Waals surface area contributed by atoms with Crippen LogP contribution in [0.5, 0.6) is 0 Å². The first-order valence-electron chi connectivity index (χ1n) is 6.24. The topological polar surface area (TPSA) is 32.3 Å². The van der Waals surface area contributed by atoms with Crippen LogP contribution in [0.3, 0.4) is 0 Å². The van der Waals surface area contributed by atoms with Gasteiger partial charge in [0.1, 0.15) is 0 Å². The minimum Gasteiger partial charge on any atom is -0.396 e. The molecule has 0 aliphatic heterocycles. The summed E-state index contributed by atoms with van der Waals surface area (Å²) < 4.78 is 75.7. The molecule has 120 valence electrons. The quantitative estimate of drug-likeness (QED) is 0.621. The second-order valence-corrected chi connectivity index (χ2v) is 4.52. The number of hydrogen-bond acceptors (Lipinski definition) is 2. The van der Waals surface area contributed by atoms with Crippen LogP contribution in [0, 0.1) is 0 Å². The number of unbranched alkanes of at least 4 members (excludes halogenated alkanes) is 1. The monoisotopic (exact) mass is 315 g/mol. The maximum Gasteiger partial charge on any atom is 0.416 e. The molecule has 1 aromatic rings. The van der Waals surface area contributed by atoms with Gasteiger partial charge in [-0.25, -0.2) is 0 Å². The molecule has 0 aromatic heterocycles. The first kappa shape index (κ1) is 17.8. The predicted octanol–water partition coefficient (Wildman–Crippen LogP) is 3.59. The largest absolute Gasteiger partial charge is 0.416 e. The smallest absolute Gasteiger partial charge is 0.396 e. The van der Waals surface area contributed by atoms with Crippen molar-refractivity contribution >= 4 is 0 Å². The van der Waals surface area contributed by atoms with Crippen molar-refractivity contribution < 1.29 is 31.4 Å². The van der Waals surface area contributed by atoms with Gasteiger partial charge in [-0.15, -0.1) is 0 Å². The van der Waals surface area contributed by atoms with E-state index in [0.29, 0.717) is 31.5 Å². The highest BCUT2D eigenvalue weighted by Crippen LogP contribution is 2.36. The molecule has 0 fully saturated rings. The lowest BCUT2D eigenvalue weighted by atomic mass is 10.0. The summed E-state index contributed by atoms with van der Waals surface area (Å²) >= 11 is 0. The Morgan fingerprint density at radius 3 is 1.81 bits per heavy atom. The molecule has 0 atom stereocenters. The number of benzene rings is 1. The van der Waals surface area contributed by atoms with Gasteiger partial charge in [0.05, 0.1) is 11.1 Å². The highest BCUT2D eigenvalue weighted by Gasteiger charge is 2.36. The number of rotatable bonds is 6.